The van der Waals surface area contributed by atoms with Gasteiger partial charge >= 0.3 is 0 Å². The Kier molecular flexibility index (Phi) is 3.42. The van der Waals surface area contributed by atoms with Crippen LogP contribution in [0.5, 0.6) is 0 Å². The second-order valence-corrected chi connectivity index (χ2v) is 6.95. The fourth-order valence-corrected chi connectivity index (χ4v) is 3.90. The number of thiophene rings is 1. The maximum atomic E-state index is 12.6. The van der Waals surface area contributed by atoms with Crippen molar-refractivity contribution in [2.75, 3.05) is 0 Å². The van der Waals surface area contributed by atoms with Gasteiger partial charge in [-0.2, -0.15) is 5.10 Å². The number of hydrogen-bond donors (Lipinski definition) is 1. The first kappa shape index (κ1) is 15.0. The molecule has 5 nitrogen and oxygen atoms in total. The lowest BCUT2D eigenvalue weighted by Crippen LogP contribution is -2.25. The highest BCUT2D eigenvalue weighted by Crippen LogP contribution is 2.29. The van der Waals surface area contributed by atoms with Gasteiger partial charge in [0.15, 0.2) is 0 Å². The largest absolute Gasteiger partial charge is 0.459 e. The Labute approximate surface area is 142 Å². The van der Waals surface area contributed by atoms with E-state index in [1.165, 1.54) is 11.3 Å². The van der Waals surface area contributed by atoms with Crippen LogP contribution in [0.4, 0.5) is 0 Å². The quantitative estimate of drug-likeness (QED) is 0.609. The number of nitrogens with zero attached hydrogens (tertiary/aromatic N) is 2. The average molecular weight is 339 g/mol. The smallest absolute Gasteiger partial charge is 0.262 e. The van der Waals surface area contributed by atoms with E-state index in [1.54, 1.807) is 0 Å². The molecule has 1 N–H and O–H groups in total. The first-order valence-corrected chi connectivity index (χ1v) is 8.57. The minimum atomic E-state index is -0.200. The zero-order chi connectivity index (χ0) is 16.8. The molecule has 0 fully saturated rings. The van der Waals surface area contributed by atoms with Crippen LogP contribution in [0.2, 0.25) is 0 Å². The molecule has 0 saturated heterocycles. The van der Waals surface area contributed by atoms with Gasteiger partial charge in [-0.25, -0.2) is 0 Å². The van der Waals surface area contributed by atoms with E-state index in [4.69, 9.17) is 4.42 Å². The Hall–Kier alpha value is -2.60. The third-order valence-corrected chi connectivity index (χ3v) is 5.34. The highest BCUT2D eigenvalue weighted by molar-refractivity contribution is 7.20. The van der Waals surface area contributed by atoms with Crippen molar-refractivity contribution in [3.63, 3.8) is 0 Å². The number of aromatic nitrogens is 2. The maximum Gasteiger partial charge on any atom is 0.262 e. The van der Waals surface area contributed by atoms with Crippen molar-refractivity contribution in [1.82, 2.24) is 15.1 Å². The number of furan rings is 1. The number of fused-ring (bicyclic) bond motifs is 2. The van der Waals surface area contributed by atoms with Crippen LogP contribution in [-0.2, 0) is 7.05 Å². The van der Waals surface area contributed by atoms with Gasteiger partial charge in [-0.1, -0.05) is 18.2 Å². The molecule has 3 aromatic heterocycles. The average Bonchev–Trinajstić information content (AvgIpc) is 3.23. The standard InChI is InChI=1S/C18H17N3O2S/c1-10-13-9-16(24-18(13)21(3)20-10)17(22)19-11(2)15-8-12-6-4-5-7-14(12)23-15/h4-9,11H,1-3H3,(H,19,22)/t11-/m1/s1. The third kappa shape index (κ3) is 2.39. The van der Waals surface area contributed by atoms with Crippen LogP contribution in [0.3, 0.4) is 0 Å². The maximum absolute atomic E-state index is 12.6. The van der Waals surface area contributed by atoms with Gasteiger partial charge in [-0.05, 0) is 32.0 Å². The molecule has 0 aliphatic carbocycles. The summed E-state index contributed by atoms with van der Waals surface area (Å²) < 4.78 is 7.64. The summed E-state index contributed by atoms with van der Waals surface area (Å²) in [5.41, 5.74) is 1.77. The van der Waals surface area contributed by atoms with Gasteiger partial charge in [0.05, 0.1) is 16.6 Å². The Balaban J connectivity index is 1.58. The molecule has 0 unspecified atom stereocenters. The van der Waals surface area contributed by atoms with Crippen LogP contribution in [0.1, 0.15) is 34.1 Å². The van der Waals surface area contributed by atoms with Crippen LogP contribution in [-0.4, -0.2) is 15.7 Å². The molecule has 0 saturated carbocycles. The van der Waals surface area contributed by atoms with Crippen molar-refractivity contribution < 1.29 is 9.21 Å². The van der Waals surface area contributed by atoms with Crippen LogP contribution in [0, 0.1) is 6.92 Å². The van der Waals surface area contributed by atoms with Crippen molar-refractivity contribution in [2.45, 2.75) is 19.9 Å². The van der Waals surface area contributed by atoms with E-state index in [-0.39, 0.29) is 11.9 Å². The first-order valence-electron chi connectivity index (χ1n) is 7.75. The number of rotatable bonds is 3. The number of benzene rings is 1. The summed E-state index contributed by atoms with van der Waals surface area (Å²) >= 11 is 1.45. The second kappa shape index (κ2) is 5.49. The van der Waals surface area contributed by atoms with Crippen molar-refractivity contribution in [2.24, 2.45) is 7.05 Å². The summed E-state index contributed by atoms with van der Waals surface area (Å²) in [7, 11) is 1.89. The highest BCUT2D eigenvalue weighted by Gasteiger charge is 2.19. The predicted octanol–water partition coefficient (Wildman–Crippen LogP) is 4.18. The normalized spacial score (nSPS) is 12.8. The Bertz CT molecular complexity index is 989. The lowest BCUT2D eigenvalue weighted by Gasteiger charge is -2.10. The Morgan fingerprint density at radius 3 is 2.88 bits per heavy atom. The van der Waals surface area contributed by atoms with Crippen LogP contribution in [0.25, 0.3) is 21.2 Å². The summed E-state index contributed by atoms with van der Waals surface area (Å²) in [5.74, 6) is 0.659. The van der Waals surface area contributed by atoms with Gasteiger partial charge in [-0.15, -0.1) is 11.3 Å². The van der Waals surface area contributed by atoms with E-state index < -0.39 is 0 Å². The van der Waals surface area contributed by atoms with Gasteiger partial charge in [0.2, 0.25) is 0 Å². The number of nitrogens with one attached hydrogen (secondary N) is 1. The van der Waals surface area contributed by atoms with Crippen LogP contribution < -0.4 is 5.32 Å². The highest BCUT2D eigenvalue weighted by atomic mass is 32.1. The lowest BCUT2D eigenvalue weighted by atomic mass is 10.2. The van der Waals surface area contributed by atoms with Gasteiger partial charge in [0.1, 0.15) is 16.2 Å². The minimum Gasteiger partial charge on any atom is -0.459 e. The van der Waals surface area contributed by atoms with Gasteiger partial charge < -0.3 is 9.73 Å². The lowest BCUT2D eigenvalue weighted by molar-refractivity contribution is 0.0940. The number of hydrogen-bond acceptors (Lipinski definition) is 4. The predicted molar refractivity (Wildman–Crippen MR) is 95.4 cm³/mol. The fourth-order valence-electron chi connectivity index (χ4n) is 2.87. The number of aryl methyl sites for hydroxylation is 2. The molecule has 4 rings (SSSR count). The van der Waals surface area contributed by atoms with E-state index in [9.17, 15) is 4.79 Å². The molecule has 6 heteroatoms. The second-order valence-electron chi connectivity index (χ2n) is 5.92. The van der Waals surface area contributed by atoms with Crippen molar-refractivity contribution >= 4 is 38.4 Å². The fraction of sp³-hybridized carbons (Fsp3) is 0.222. The van der Waals surface area contributed by atoms with E-state index in [0.717, 1.165) is 32.6 Å². The zero-order valence-electron chi connectivity index (χ0n) is 13.7. The van der Waals surface area contributed by atoms with Crippen molar-refractivity contribution in [1.29, 1.82) is 0 Å². The van der Waals surface area contributed by atoms with Gasteiger partial charge in [0.25, 0.3) is 5.91 Å². The molecule has 0 bridgehead atoms. The van der Waals surface area contributed by atoms with Crippen molar-refractivity contribution in [3.8, 4) is 0 Å². The molecule has 24 heavy (non-hydrogen) atoms. The van der Waals surface area contributed by atoms with E-state index in [1.807, 2.05) is 62.0 Å². The molecule has 4 aromatic rings. The molecule has 0 aliphatic rings. The van der Waals surface area contributed by atoms with Crippen LogP contribution in [0.15, 0.2) is 40.8 Å². The molecule has 0 spiro atoms. The Morgan fingerprint density at radius 1 is 1.33 bits per heavy atom. The van der Waals surface area contributed by atoms with E-state index >= 15 is 0 Å². The topological polar surface area (TPSA) is 60.1 Å². The molecule has 3 heterocycles. The van der Waals surface area contributed by atoms with Crippen LogP contribution >= 0.6 is 11.3 Å². The van der Waals surface area contributed by atoms with E-state index in [2.05, 4.69) is 10.4 Å². The monoisotopic (exact) mass is 339 g/mol. The minimum absolute atomic E-state index is 0.0939. The summed E-state index contributed by atoms with van der Waals surface area (Å²) in [4.78, 5) is 14.3. The molecule has 0 radical (unpaired) electrons. The summed E-state index contributed by atoms with van der Waals surface area (Å²) in [5, 5.41) is 9.45. The van der Waals surface area contributed by atoms with Crippen molar-refractivity contribution in [3.05, 3.63) is 52.7 Å². The molecule has 1 atom stereocenters. The molecule has 1 aromatic carbocycles. The van der Waals surface area contributed by atoms with Gasteiger partial charge in [0, 0.05) is 17.8 Å². The molecular formula is C18H17N3O2S. The van der Waals surface area contributed by atoms with E-state index in [0.29, 0.717) is 4.88 Å². The number of carbonyl (C=O) groups is 1. The molecular weight excluding hydrogens is 322 g/mol. The summed E-state index contributed by atoms with van der Waals surface area (Å²) in [6.45, 7) is 3.88. The number of amides is 1. The molecule has 0 aliphatic heterocycles. The number of para-hydroxylation sites is 1. The SMILES string of the molecule is Cc1nn(C)c2sc(C(=O)N[C@H](C)c3cc4ccccc4o3)cc12. The first-order chi connectivity index (χ1) is 11.5. The summed E-state index contributed by atoms with van der Waals surface area (Å²) in [6, 6.07) is 11.5. The van der Waals surface area contributed by atoms with Gasteiger partial charge in [-0.3, -0.25) is 9.48 Å². The Morgan fingerprint density at radius 2 is 2.12 bits per heavy atom. The molecule has 1 amide bonds. The molecule has 122 valence electrons. The third-order valence-electron chi connectivity index (χ3n) is 4.14. The zero-order valence-corrected chi connectivity index (χ0v) is 14.5. The number of carbonyl (C=O) groups excluding carboxylic acids is 1. The summed E-state index contributed by atoms with van der Waals surface area (Å²) in [6.07, 6.45) is 0.